The Morgan fingerprint density at radius 3 is 1.96 bits per heavy atom. The van der Waals surface area contributed by atoms with Crippen molar-refractivity contribution in [1.29, 1.82) is 0 Å². The van der Waals surface area contributed by atoms with Crippen molar-refractivity contribution in [2.24, 2.45) is 35.5 Å². The summed E-state index contributed by atoms with van der Waals surface area (Å²) in [4.78, 5) is 42.3. The molecule has 0 spiro atoms. The number of anilines is 1. The molecule has 3 amide bonds. The highest BCUT2D eigenvalue weighted by atomic mass is 16.2. The fraction of sp³-hybridized carbons (Fsp3) is 0.522. The highest BCUT2D eigenvalue weighted by molar-refractivity contribution is 6.22. The number of rotatable bonds is 2. The largest absolute Gasteiger partial charge is 0.339 e. The first-order valence-electron chi connectivity index (χ1n) is 10.6. The van der Waals surface area contributed by atoms with Crippen LogP contribution in [0.25, 0.3) is 0 Å². The molecule has 5 heteroatoms. The van der Waals surface area contributed by atoms with Crippen LogP contribution < -0.4 is 4.90 Å². The Balaban J connectivity index is 1.26. The van der Waals surface area contributed by atoms with Crippen LogP contribution in [0.4, 0.5) is 5.69 Å². The summed E-state index contributed by atoms with van der Waals surface area (Å²) in [5, 5.41) is 0. The van der Waals surface area contributed by atoms with Gasteiger partial charge in [0, 0.05) is 18.7 Å². The normalized spacial score (nSPS) is 37.9. The van der Waals surface area contributed by atoms with Crippen molar-refractivity contribution in [2.75, 3.05) is 18.0 Å². The fourth-order valence-electron chi connectivity index (χ4n) is 6.24. The van der Waals surface area contributed by atoms with Gasteiger partial charge in [-0.2, -0.15) is 0 Å². The smallest absolute Gasteiger partial charge is 0.253 e. The Bertz CT molecular complexity index is 863. The summed E-state index contributed by atoms with van der Waals surface area (Å²) in [6.45, 7) is 1.62. The van der Waals surface area contributed by atoms with Crippen LogP contribution in [-0.2, 0) is 9.59 Å². The first-order chi connectivity index (χ1) is 13.6. The van der Waals surface area contributed by atoms with Gasteiger partial charge in [-0.1, -0.05) is 12.2 Å². The number of carbonyl (C=O) groups is 3. The number of hydrogen-bond acceptors (Lipinski definition) is 3. The first-order valence-corrected chi connectivity index (χ1v) is 10.6. The minimum atomic E-state index is -0.180. The van der Waals surface area contributed by atoms with E-state index in [4.69, 9.17) is 0 Å². The van der Waals surface area contributed by atoms with E-state index in [-0.39, 0.29) is 41.4 Å². The van der Waals surface area contributed by atoms with E-state index in [0.29, 0.717) is 23.1 Å². The molecule has 6 aliphatic rings. The van der Waals surface area contributed by atoms with E-state index in [2.05, 4.69) is 12.2 Å². The molecule has 0 aromatic heterocycles. The number of amides is 3. The monoisotopic (exact) mass is 376 g/mol. The van der Waals surface area contributed by atoms with Crippen molar-refractivity contribution in [3.8, 4) is 0 Å². The molecule has 5 nitrogen and oxygen atoms in total. The number of imide groups is 1. The molecule has 6 atom stereocenters. The zero-order valence-electron chi connectivity index (χ0n) is 15.8. The van der Waals surface area contributed by atoms with Gasteiger partial charge in [0.2, 0.25) is 11.8 Å². The molecule has 28 heavy (non-hydrogen) atoms. The summed E-state index contributed by atoms with van der Waals surface area (Å²) in [5.41, 5.74) is 1.23. The third-order valence-electron chi connectivity index (χ3n) is 7.68. The maximum absolute atomic E-state index is 13.2. The molecule has 4 fully saturated rings. The van der Waals surface area contributed by atoms with E-state index in [1.807, 2.05) is 4.90 Å². The van der Waals surface area contributed by atoms with Gasteiger partial charge in [-0.3, -0.25) is 19.3 Å². The maximum atomic E-state index is 13.2. The lowest BCUT2D eigenvalue weighted by Crippen LogP contribution is -2.40. The maximum Gasteiger partial charge on any atom is 0.253 e. The van der Waals surface area contributed by atoms with Crippen molar-refractivity contribution in [2.45, 2.75) is 25.7 Å². The Morgan fingerprint density at radius 2 is 1.39 bits per heavy atom. The minimum Gasteiger partial charge on any atom is -0.339 e. The topological polar surface area (TPSA) is 57.7 Å². The second-order valence-electron chi connectivity index (χ2n) is 9.07. The van der Waals surface area contributed by atoms with Crippen molar-refractivity contribution in [1.82, 2.24) is 4.90 Å². The number of allylic oxidation sites excluding steroid dienone is 2. The van der Waals surface area contributed by atoms with Crippen LogP contribution in [0.15, 0.2) is 36.4 Å². The molecule has 1 aromatic rings. The van der Waals surface area contributed by atoms with Crippen LogP contribution in [0, 0.1) is 35.5 Å². The quantitative estimate of drug-likeness (QED) is 0.589. The van der Waals surface area contributed by atoms with E-state index in [0.717, 1.165) is 25.9 Å². The van der Waals surface area contributed by atoms with Gasteiger partial charge in [0.25, 0.3) is 5.91 Å². The van der Waals surface area contributed by atoms with E-state index in [1.165, 1.54) is 17.7 Å². The lowest BCUT2D eigenvalue weighted by molar-refractivity contribution is -0.124. The molecule has 2 heterocycles. The van der Waals surface area contributed by atoms with Gasteiger partial charge >= 0.3 is 0 Å². The second-order valence-corrected chi connectivity index (χ2v) is 9.07. The van der Waals surface area contributed by atoms with Gasteiger partial charge < -0.3 is 4.90 Å². The second kappa shape index (κ2) is 5.79. The summed E-state index contributed by atoms with van der Waals surface area (Å²) in [6.07, 6.45) is 8.85. The Morgan fingerprint density at radius 1 is 0.821 bits per heavy atom. The predicted molar refractivity (Wildman–Crippen MR) is 103 cm³/mol. The summed E-state index contributed by atoms with van der Waals surface area (Å²) < 4.78 is 0. The Kier molecular flexibility index (Phi) is 3.41. The molecule has 2 bridgehead atoms. The highest BCUT2D eigenvalue weighted by Gasteiger charge is 2.67. The third-order valence-corrected chi connectivity index (χ3v) is 7.68. The number of piperidine rings is 1. The number of hydrogen-bond donors (Lipinski definition) is 0. The molecule has 1 aromatic carbocycles. The van der Waals surface area contributed by atoms with Gasteiger partial charge in [0.15, 0.2) is 0 Å². The van der Waals surface area contributed by atoms with Crippen molar-refractivity contribution in [3.63, 3.8) is 0 Å². The molecule has 7 rings (SSSR count). The molecule has 0 N–H and O–H groups in total. The molecule has 4 aliphatic carbocycles. The molecule has 2 saturated carbocycles. The van der Waals surface area contributed by atoms with E-state index in [1.54, 1.807) is 24.3 Å². The van der Waals surface area contributed by atoms with Gasteiger partial charge in [-0.05, 0) is 73.6 Å². The van der Waals surface area contributed by atoms with Crippen LogP contribution in [0.2, 0.25) is 0 Å². The van der Waals surface area contributed by atoms with E-state index >= 15 is 0 Å². The highest BCUT2D eigenvalue weighted by Crippen LogP contribution is 2.65. The lowest BCUT2D eigenvalue weighted by atomic mass is 9.63. The third kappa shape index (κ3) is 2.16. The number of nitrogens with zero attached hydrogens (tertiary/aromatic N) is 2. The molecular formula is C23H24N2O3. The lowest BCUT2D eigenvalue weighted by Gasteiger charge is -2.37. The number of likely N-dealkylation sites (tertiary alicyclic amines) is 1. The molecule has 6 unspecified atom stereocenters. The van der Waals surface area contributed by atoms with E-state index in [9.17, 15) is 14.4 Å². The zero-order valence-corrected chi connectivity index (χ0v) is 15.8. The SMILES string of the molecule is O=C(c1ccc(N2C(=O)C3C4C=CC(C5CC45)C3C2=O)cc1)N1CCCCC1. The van der Waals surface area contributed by atoms with Crippen LogP contribution in [0.3, 0.4) is 0 Å². The average Bonchev–Trinajstić information content (AvgIpc) is 3.52. The summed E-state index contributed by atoms with van der Waals surface area (Å²) >= 11 is 0. The number of benzene rings is 1. The van der Waals surface area contributed by atoms with Crippen molar-refractivity contribution in [3.05, 3.63) is 42.0 Å². The van der Waals surface area contributed by atoms with Gasteiger partial charge in [0.05, 0.1) is 17.5 Å². The molecule has 0 radical (unpaired) electrons. The van der Waals surface area contributed by atoms with E-state index < -0.39 is 0 Å². The standard InChI is InChI=1S/C23H24N2O3/c26-21(24-10-2-1-3-11-24)13-4-6-14(7-5-13)25-22(27)19-15-8-9-16(18-12-17(15)18)20(19)23(25)28/h4-9,15-20H,1-3,10-12H2. The minimum absolute atomic E-state index is 0.0429. The fourth-order valence-corrected chi connectivity index (χ4v) is 6.24. The van der Waals surface area contributed by atoms with Crippen molar-refractivity contribution >= 4 is 23.4 Å². The zero-order chi connectivity index (χ0) is 19.0. The van der Waals surface area contributed by atoms with Gasteiger partial charge in [-0.25, -0.2) is 0 Å². The summed E-state index contributed by atoms with van der Waals surface area (Å²) in [6, 6.07) is 7.05. The van der Waals surface area contributed by atoms with Crippen LogP contribution in [-0.4, -0.2) is 35.7 Å². The molecule has 2 aliphatic heterocycles. The predicted octanol–water partition coefficient (Wildman–Crippen LogP) is 2.87. The first kappa shape index (κ1) is 16.5. The Labute approximate surface area is 164 Å². The average molecular weight is 376 g/mol. The van der Waals surface area contributed by atoms with Gasteiger partial charge in [0.1, 0.15) is 0 Å². The van der Waals surface area contributed by atoms with Crippen LogP contribution >= 0.6 is 0 Å². The van der Waals surface area contributed by atoms with Crippen LogP contribution in [0.1, 0.15) is 36.0 Å². The molecule has 144 valence electrons. The van der Waals surface area contributed by atoms with Gasteiger partial charge in [-0.15, -0.1) is 0 Å². The summed E-state index contributed by atoms with van der Waals surface area (Å²) in [5.74, 6) is 1.28. The Hall–Kier alpha value is -2.43. The molecule has 2 saturated heterocycles. The van der Waals surface area contributed by atoms with Crippen molar-refractivity contribution < 1.29 is 14.4 Å². The van der Waals surface area contributed by atoms with Crippen LogP contribution in [0.5, 0.6) is 0 Å². The number of carbonyl (C=O) groups excluding carboxylic acids is 3. The summed E-state index contributed by atoms with van der Waals surface area (Å²) in [7, 11) is 0. The molecular weight excluding hydrogens is 352 g/mol.